The third-order valence-corrected chi connectivity index (χ3v) is 2.58. The lowest BCUT2D eigenvalue weighted by molar-refractivity contribution is 0.210. The van der Waals surface area contributed by atoms with E-state index in [0.29, 0.717) is 10.7 Å². The lowest BCUT2D eigenvalue weighted by Crippen LogP contribution is -2.08. The number of hydrogen-bond donors (Lipinski definition) is 2. The molecular formula is C13H10ClNO2. The molecule has 0 heterocycles. The summed E-state index contributed by atoms with van der Waals surface area (Å²) in [5.74, 6) is 0. The summed E-state index contributed by atoms with van der Waals surface area (Å²) in [6, 6.07) is 14.5. The number of anilines is 1. The van der Waals surface area contributed by atoms with Crippen LogP contribution in [0.5, 0.6) is 0 Å². The first-order chi connectivity index (χ1) is 8.16. The highest BCUT2D eigenvalue weighted by molar-refractivity contribution is 6.30. The number of amides is 1. The molecular weight excluding hydrogens is 238 g/mol. The predicted molar refractivity (Wildman–Crippen MR) is 68.5 cm³/mol. The minimum atomic E-state index is -1.08. The third kappa shape index (κ3) is 2.77. The lowest BCUT2D eigenvalue weighted by Gasteiger charge is -2.09. The second-order valence-corrected chi connectivity index (χ2v) is 3.92. The summed E-state index contributed by atoms with van der Waals surface area (Å²) >= 11 is 5.81. The van der Waals surface area contributed by atoms with Crippen molar-refractivity contribution in [1.82, 2.24) is 0 Å². The van der Waals surface area contributed by atoms with Gasteiger partial charge in [-0.05, 0) is 23.8 Å². The summed E-state index contributed by atoms with van der Waals surface area (Å²) in [4.78, 5) is 10.7. The summed E-state index contributed by atoms with van der Waals surface area (Å²) in [6.07, 6.45) is -1.08. The smallest absolute Gasteiger partial charge is 0.409 e. The van der Waals surface area contributed by atoms with Gasteiger partial charge in [-0.1, -0.05) is 41.9 Å². The Morgan fingerprint density at radius 3 is 2.35 bits per heavy atom. The van der Waals surface area contributed by atoms with Crippen LogP contribution in [0.2, 0.25) is 5.02 Å². The fraction of sp³-hybridized carbons (Fsp3) is 0. The van der Waals surface area contributed by atoms with Gasteiger partial charge in [0.1, 0.15) is 0 Å². The number of benzene rings is 2. The molecule has 0 saturated heterocycles. The van der Waals surface area contributed by atoms with Crippen molar-refractivity contribution in [2.24, 2.45) is 0 Å². The van der Waals surface area contributed by atoms with Crippen molar-refractivity contribution in [3.63, 3.8) is 0 Å². The van der Waals surface area contributed by atoms with Gasteiger partial charge >= 0.3 is 6.09 Å². The Kier molecular flexibility index (Phi) is 3.30. The maximum absolute atomic E-state index is 10.7. The third-order valence-electron chi connectivity index (χ3n) is 2.32. The van der Waals surface area contributed by atoms with E-state index in [2.05, 4.69) is 5.32 Å². The Balaban J connectivity index is 2.44. The van der Waals surface area contributed by atoms with Gasteiger partial charge in [-0.3, -0.25) is 5.32 Å². The fourth-order valence-corrected chi connectivity index (χ4v) is 1.71. The van der Waals surface area contributed by atoms with Crippen LogP contribution in [0.15, 0.2) is 48.5 Å². The quantitative estimate of drug-likeness (QED) is 0.839. The van der Waals surface area contributed by atoms with Crippen molar-refractivity contribution in [2.75, 3.05) is 5.32 Å². The van der Waals surface area contributed by atoms with Crippen molar-refractivity contribution in [1.29, 1.82) is 0 Å². The van der Waals surface area contributed by atoms with Crippen molar-refractivity contribution < 1.29 is 9.90 Å². The van der Waals surface area contributed by atoms with E-state index in [1.807, 2.05) is 24.3 Å². The second-order valence-electron chi connectivity index (χ2n) is 3.48. The highest BCUT2D eigenvalue weighted by Gasteiger charge is 2.06. The standard InChI is InChI=1S/C13H10ClNO2/c14-10-7-5-9(6-8-10)11-3-1-2-4-12(11)15-13(16)17/h1-8,15H,(H,16,17). The number of para-hydroxylation sites is 1. The Hall–Kier alpha value is -2.00. The van der Waals surface area contributed by atoms with Gasteiger partial charge in [-0.25, -0.2) is 4.79 Å². The molecule has 0 radical (unpaired) electrons. The van der Waals surface area contributed by atoms with Crippen LogP contribution in [0.1, 0.15) is 0 Å². The number of halogens is 1. The molecule has 0 aliphatic carbocycles. The molecule has 3 nitrogen and oxygen atoms in total. The van der Waals surface area contributed by atoms with Crippen LogP contribution in [0.4, 0.5) is 10.5 Å². The predicted octanol–water partition coefficient (Wildman–Crippen LogP) is 4.10. The summed E-state index contributed by atoms with van der Waals surface area (Å²) in [5, 5.41) is 11.8. The van der Waals surface area contributed by atoms with E-state index in [0.717, 1.165) is 11.1 Å². The molecule has 2 rings (SSSR count). The number of nitrogens with one attached hydrogen (secondary N) is 1. The van der Waals surface area contributed by atoms with Gasteiger partial charge in [-0.15, -0.1) is 0 Å². The second kappa shape index (κ2) is 4.89. The van der Waals surface area contributed by atoms with E-state index in [-0.39, 0.29) is 0 Å². The van der Waals surface area contributed by atoms with Gasteiger partial charge in [0.05, 0.1) is 5.69 Å². The van der Waals surface area contributed by atoms with Gasteiger partial charge in [0, 0.05) is 10.6 Å². The molecule has 0 spiro atoms. The first-order valence-corrected chi connectivity index (χ1v) is 5.39. The van der Waals surface area contributed by atoms with Crippen molar-refractivity contribution in [3.8, 4) is 11.1 Å². The average Bonchev–Trinajstić information content (AvgIpc) is 2.30. The number of rotatable bonds is 2. The molecule has 2 aromatic carbocycles. The monoisotopic (exact) mass is 247 g/mol. The van der Waals surface area contributed by atoms with Crippen LogP contribution in [-0.4, -0.2) is 11.2 Å². The van der Waals surface area contributed by atoms with E-state index >= 15 is 0 Å². The van der Waals surface area contributed by atoms with Gasteiger partial charge < -0.3 is 5.11 Å². The zero-order chi connectivity index (χ0) is 12.3. The molecule has 86 valence electrons. The molecule has 0 bridgehead atoms. The van der Waals surface area contributed by atoms with Gasteiger partial charge in [0.25, 0.3) is 0 Å². The van der Waals surface area contributed by atoms with E-state index in [4.69, 9.17) is 16.7 Å². The van der Waals surface area contributed by atoms with Crippen LogP contribution >= 0.6 is 11.6 Å². The summed E-state index contributed by atoms with van der Waals surface area (Å²) in [6.45, 7) is 0. The minimum absolute atomic E-state index is 0.558. The van der Waals surface area contributed by atoms with Crippen LogP contribution in [0, 0.1) is 0 Å². The van der Waals surface area contributed by atoms with E-state index < -0.39 is 6.09 Å². The number of hydrogen-bond acceptors (Lipinski definition) is 1. The van der Waals surface area contributed by atoms with Crippen LogP contribution < -0.4 is 5.32 Å². The van der Waals surface area contributed by atoms with E-state index in [9.17, 15) is 4.79 Å². The topological polar surface area (TPSA) is 49.3 Å². The molecule has 0 aromatic heterocycles. The molecule has 0 unspecified atom stereocenters. The van der Waals surface area contributed by atoms with Crippen LogP contribution in [0.3, 0.4) is 0 Å². The van der Waals surface area contributed by atoms with Crippen LogP contribution in [0.25, 0.3) is 11.1 Å². The summed E-state index contributed by atoms with van der Waals surface area (Å²) in [5.41, 5.74) is 2.30. The highest BCUT2D eigenvalue weighted by atomic mass is 35.5. The molecule has 17 heavy (non-hydrogen) atoms. The van der Waals surface area contributed by atoms with Crippen molar-refractivity contribution in [3.05, 3.63) is 53.6 Å². The zero-order valence-corrected chi connectivity index (χ0v) is 9.61. The van der Waals surface area contributed by atoms with Crippen LogP contribution in [-0.2, 0) is 0 Å². The van der Waals surface area contributed by atoms with E-state index in [1.54, 1.807) is 24.3 Å². The number of carboxylic acid groups (broad SMARTS) is 1. The molecule has 0 aliphatic rings. The Labute approximate surface area is 104 Å². The minimum Gasteiger partial charge on any atom is -0.465 e. The fourth-order valence-electron chi connectivity index (χ4n) is 1.59. The molecule has 0 atom stereocenters. The van der Waals surface area contributed by atoms with E-state index in [1.165, 1.54) is 0 Å². The maximum Gasteiger partial charge on any atom is 0.409 e. The first-order valence-electron chi connectivity index (χ1n) is 5.02. The average molecular weight is 248 g/mol. The van der Waals surface area contributed by atoms with Gasteiger partial charge in [0.15, 0.2) is 0 Å². The van der Waals surface area contributed by atoms with Gasteiger partial charge in [-0.2, -0.15) is 0 Å². The van der Waals surface area contributed by atoms with Crippen molar-refractivity contribution in [2.45, 2.75) is 0 Å². The SMILES string of the molecule is O=C(O)Nc1ccccc1-c1ccc(Cl)cc1. The normalized spacial score (nSPS) is 9.94. The molecule has 4 heteroatoms. The maximum atomic E-state index is 10.7. The number of carbonyl (C=O) groups is 1. The van der Waals surface area contributed by atoms with Gasteiger partial charge in [0.2, 0.25) is 0 Å². The molecule has 0 saturated carbocycles. The molecule has 0 aliphatic heterocycles. The Morgan fingerprint density at radius 2 is 1.71 bits per heavy atom. The largest absolute Gasteiger partial charge is 0.465 e. The zero-order valence-electron chi connectivity index (χ0n) is 8.85. The molecule has 2 aromatic rings. The molecule has 1 amide bonds. The summed E-state index contributed by atoms with van der Waals surface area (Å²) < 4.78 is 0. The van der Waals surface area contributed by atoms with Crippen molar-refractivity contribution >= 4 is 23.4 Å². The summed E-state index contributed by atoms with van der Waals surface area (Å²) in [7, 11) is 0. The first kappa shape index (κ1) is 11.5. The molecule has 2 N–H and O–H groups in total. The molecule has 0 fully saturated rings. The highest BCUT2D eigenvalue weighted by Crippen LogP contribution is 2.28. The lowest BCUT2D eigenvalue weighted by atomic mass is 10.0. The Bertz CT molecular complexity index is 537. The Morgan fingerprint density at radius 1 is 1.06 bits per heavy atom.